The fourth-order valence-electron chi connectivity index (χ4n) is 3.71. The van der Waals surface area contributed by atoms with Crippen LogP contribution in [0, 0.1) is 5.92 Å². The third kappa shape index (κ3) is 5.39. The monoisotopic (exact) mass is 465 g/mol. The number of amides is 1. The SMILES string of the molecule is COc1cc([C@H]2CC(=O)Nc3nc(SCc4ccccc4)[nH]c(=O)c32)ccc1OCC(C)C. The van der Waals surface area contributed by atoms with Gasteiger partial charge in [-0.2, -0.15) is 0 Å². The van der Waals surface area contributed by atoms with Gasteiger partial charge >= 0.3 is 0 Å². The zero-order valence-electron chi connectivity index (χ0n) is 18.9. The minimum atomic E-state index is -0.425. The van der Waals surface area contributed by atoms with Crippen LogP contribution in [-0.2, 0) is 10.5 Å². The third-order valence-corrected chi connectivity index (χ3v) is 6.25. The van der Waals surface area contributed by atoms with Crippen molar-refractivity contribution in [2.24, 2.45) is 5.92 Å². The molecule has 7 nitrogen and oxygen atoms in total. The minimum Gasteiger partial charge on any atom is -0.493 e. The van der Waals surface area contributed by atoms with E-state index in [-0.39, 0.29) is 17.9 Å². The number of aromatic nitrogens is 2. The molecule has 33 heavy (non-hydrogen) atoms. The molecule has 0 aliphatic carbocycles. The molecule has 2 aromatic carbocycles. The first-order chi connectivity index (χ1) is 15.9. The van der Waals surface area contributed by atoms with Crippen LogP contribution in [0.2, 0.25) is 0 Å². The Hall–Kier alpha value is -3.26. The van der Waals surface area contributed by atoms with Crippen LogP contribution in [0.5, 0.6) is 11.5 Å². The lowest BCUT2D eigenvalue weighted by atomic mass is 9.86. The summed E-state index contributed by atoms with van der Waals surface area (Å²) in [5.41, 5.74) is 2.13. The summed E-state index contributed by atoms with van der Waals surface area (Å²) in [5.74, 6) is 1.95. The van der Waals surface area contributed by atoms with E-state index in [1.807, 2.05) is 48.5 Å². The molecule has 0 saturated heterocycles. The van der Waals surface area contributed by atoms with Gasteiger partial charge in [0.15, 0.2) is 16.7 Å². The van der Waals surface area contributed by atoms with Crippen molar-refractivity contribution in [2.45, 2.75) is 37.1 Å². The number of ether oxygens (including phenoxy) is 2. The van der Waals surface area contributed by atoms with Crippen LogP contribution >= 0.6 is 11.8 Å². The van der Waals surface area contributed by atoms with Gasteiger partial charge in [-0.25, -0.2) is 4.98 Å². The van der Waals surface area contributed by atoms with Crippen molar-refractivity contribution in [1.29, 1.82) is 0 Å². The number of rotatable bonds is 8. The molecule has 1 atom stereocenters. The van der Waals surface area contributed by atoms with E-state index < -0.39 is 5.92 Å². The lowest BCUT2D eigenvalue weighted by molar-refractivity contribution is -0.116. The van der Waals surface area contributed by atoms with Gasteiger partial charge in [-0.15, -0.1) is 0 Å². The maximum atomic E-state index is 13.1. The van der Waals surface area contributed by atoms with E-state index in [1.165, 1.54) is 11.8 Å². The number of aromatic amines is 1. The van der Waals surface area contributed by atoms with Crippen molar-refractivity contribution < 1.29 is 14.3 Å². The van der Waals surface area contributed by atoms with Crippen molar-refractivity contribution in [3.63, 3.8) is 0 Å². The highest BCUT2D eigenvalue weighted by molar-refractivity contribution is 7.98. The fourth-order valence-corrected chi connectivity index (χ4v) is 4.52. The van der Waals surface area contributed by atoms with Crippen LogP contribution in [0.1, 0.15) is 42.9 Å². The number of methoxy groups -OCH3 is 1. The summed E-state index contributed by atoms with van der Waals surface area (Å²) in [6, 6.07) is 15.5. The number of carbonyl (C=O) groups is 1. The van der Waals surface area contributed by atoms with Gasteiger partial charge in [0.25, 0.3) is 5.56 Å². The predicted octanol–water partition coefficient (Wildman–Crippen LogP) is 4.58. The molecule has 1 amide bonds. The van der Waals surface area contributed by atoms with Gasteiger partial charge in [0, 0.05) is 18.1 Å². The molecule has 2 heterocycles. The molecule has 0 spiro atoms. The molecule has 1 aliphatic heterocycles. The maximum absolute atomic E-state index is 13.1. The molecule has 0 saturated carbocycles. The van der Waals surface area contributed by atoms with E-state index in [1.54, 1.807) is 7.11 Å². The zero-order chi connectivity index (χ0) is 23.4. The number of hydrogen-bond acceptors (Lipinski definition) is 6. The lowest BCUT2D eigenvalue weighted by Crippen LogP contribution is -2.31. The van der Waals surface area contributed by atoms with Gasteiger partial charge in [-0.3, -0.25) is 9.59 Å². The van der Waals surface area contributed by atoms with Crippen LogP contribution in [0.15, 0.2) is 58.5 Å². The number of H-pyrrole nitrogens is 1. The van der Waals surface area contributed by atoms with Crippen LogP contribution in [0.4, 0.5) is 5.82 Å². The Morgan fingerprint density at radius 1 is 1.12 bits per heavy atom. The van der Waals surface area contributed by atoms with E-state index in [9.17, 15) is 9.59 Å². The van der Waals surface area contributed by atoms with Crippen molar-refractivity contribution in [1.82, 2.24) is 9.97 Å². The number of fused-ring (bicyclic) bond motifs is 1. The smallest absolute Gasteiger partial charge is 0.257 e. The van der Waals surface area contributed by atoms with Crippen molar-refractivity contribution in [3.05, 3.63) is 75.6 Å². The topological polar surface area (TPSA) is 93.3 Å². The minimum absolute atomic E-state index is 0.156. The van der Waals surface area contributed by atoms with Crippen LogP contribution in [0.3, 0.4) is 0 Å². The number of thioether (sulfide) groups is 1. The summed E-state index contributed by atoms with van der Waals surface area (Å²) in [7, 11) is 1.58. The number of hydrogen-bond donors (Lipinski definition) is 2. The lowest BCUT2D eigenvalue weighted by Gasteiger charge is -2.25. The van der Waals surface area contributed by atoms with Gasteiger partial charge in [0.05, 0.1) is 19.3 Å². The first kappa shape index (κ1) is 22.9. The Morgan fingerprint density at radius 3 is 2.64 bits per heavy atom. The van der Waals surface area contributed by atoms with Gasteiger partial charge in [-0.1, -0.05) is 62.0 Å². The predicted molar refractivity (Wildman–Crippen MR) is 129 cm³/mol. The Bertz CT molecular complexity index is 1190. The average molecular weight is 466 g/mol. The molecular weight excluding hydrogens is 438 g/mol. The van der Waals surface area contributed by atoms with Crippen LogP contribution in [-0.4, -0.2) is 29.6 Å². The number of anilines is 1. The Balaban J connectivity index is 1.63. The van der Waals surface area contributed by atoms with Gasteiger partial charge in [0.2, 0.25) is 5.91 Å². The number of carbonyl (C=O) groups excluding carboxylic acids is 1. The highest BCUT2D eigenvalue weighted by Crippen LogP contribution is 2.38. The molecule has 0 bridgehead atoms. The fraction of sp³-hybridized carbons (Fsp3) is 0.320. The molecule has 0 fully saturated rings. The Labute approximate surface area is 196 Å². The number of nitrogens with zero attached hydrogens (tertiary/aromatic N) is 1. The molecule has 172 valence electrons. The van der Waals surface area contributed by atoms with Crippen LogP contribution in [0.25, 0.3) is 0 Å². The third-order valence-electron chi connectivity index (χ3n) is 5.31. The highest BCUT2D eigenvalue weighted by atomic mass is 32.2. The van der Waals surface area contributed by atoms with Crippen LogP contribution < -0.4 is 20.3 Å². The van der Waals surface area contributed by atoms with E-state index >= 15 is 0 Å². The first-order valence-electron chi connectivity index (χ1n) is 10.9. The molecule has 4 rings (SSSR count). The second kappa shape index (κ2) is 10.1. The van der Waals surface area contributed by atoms with Crippen molar-refractivity contribution >= 4 is 23.5 Å². The first-order valence-corrected chi connectivity index (χ1v) is 11.8. The molecule has 1 aromatic heterocycles. The summed E-state index contributed by atoms with van der Waals surface area (Å²) < 4.78 is 11.4. The largest absolute Gasteiger partial charge is 0.493 e. The molecule has 0 unspecified atom stereocenters. The summed E-state index contributed by atoms with van der Waals surface area (Å²) in [6.07, 6.45) is 0.156. The summed E-state index contributed by atoms with van der Waals surface area (Å²) in [5, 5.41) is 3.24. The highest BCUT2D eigenvalue weighted by Gasteiger charge is 2.31. The van der Waals surface area contributed by atoms with E-state index in [2.05, 4.69) is 29.1 Å². The molecule has 3 aromatic rings. The van der Waals surface area contributed by atoms with E-state index in [4.69, 9.17) is 9.47 Å². The zero-order valence-corrected chi connectivity index (χ0v) is 19.7. The van der Waals surface area contributed by atoms with Crippen molar-refractivity contribution in [2.75, 3.05) is 19.0 Å². The number of benzene rings is 2. The summed E-state index contributed by atoms with van der Waals surface area (Å²) >= 11 is 1.42. The van der Waals surface area contributed by atoms with Gasteiger partial charge in [0.1, 0.15) is 5.82 Å². The Morgan fingerprint density at radius 2 is 1.91 bits per heavy atom. The van der Waals surface area contributed by atoms with Gasteiger partial charge < -0.3 is 19.8 Å². The molecule has 1 aliphatic rings. The van der Waals surface area contributed by atoms with E-state index in [0.717, 1.165) is 11.1 Å². The summed E-state index contributed by atoms with van der Waals surface area (Å²) in [6.45, 7) is 4.71. The summed E-state index contributed by atoms with van der Waals surface area (Å²) in [4.78, 5) is 33.0. The maximum Gasteiger partial charge on any atom is 0.257 e. The number of nitrogens with one attached hydrogen (secondary N) is 2. The van der Waals surface area contributed by atoms with E-state index in [0.29, 0.717) is 46.3 Å². The average Bonchev–Trinajstić information content (AvgIpc) is 2.81. The second-order valence-electron chi connectivity index (χ2n) is 8.33. The molecule has 2 N–H and O–H groups in total. The molecule has 0 radical (unpaired) electrons. The van der Waals surface area contributed by atoms with Crippen molar-refractivity contribution in [3.8, 4) is 11.5 Å². The quantitative estimate of drug-likeness (QED) is 0.374. The molecular formula is C25H27N3O4S. The standard InChI is InChI=1S/C25H27N3O4S/c1-15(2)13-32-19-10-9-17(11-20(19)31-3)18-12-21(29)26-23-22(18)24(30)28-25(27-23)33-14-16-7-5-4-6-8-16/h4-11,15,18H,12-14H2,1-3H3,(H2,26,27,28,29,30)/t18-/m1/s1. The normalized spacial score (nSPS) is 15.2. The molecule has 8 heteroatoms. The van der Waals surface area contributed by atoms with Gasteiger partial charge in [-0.05, 0) is 29.2 Å². The second-order valence-corrected chi connectivity index (χ2v) is 9.29. The Kier molecular flexibility index (Phi) is 7.03.